The summed E-state index contributed by atoms with van der Waals surface area (Å²) in [7, 11) is 0. The van der Waals surface area contributed by atoms with Crippen molar-refractivity contribution in [1.82, 2.24) is 0 Å². The first-order valence-corrected chi connectivity index (χ1v) is 7.47. The van der Waals surface area contributed by atoms with Crippen LogP contribution >= 0.6 is 11.6 Å². The minimum Gasteiger partial charge on any atom is -0.363 e. The molecule has 2 aromatic rings. The molecule has 0 aromatic heterocycles. The largest absolute Gasteiger partial charge is 0.363 e. The van der Waals surface area contributed by atoms with Crippen molar-refractivity contribution in [1.29, 1.82) is 0 Å². The molecule has 2 N–H and O–H groups in total. The van der Waals surface area contributed by atoms with Gasteiger partial charge in [0, 0.05) is 23.8 Å². The van der Waals surface area contributed by atoms with Gasteiger partial charge in [-0.3, -0.25) is 0 Å². The van der Waals surface area contributed by atoms with Gasteiger partial charge in [-0.2, -0.15) is 0 Å². The second-order valence-electron chi connectivity index (χ2n) is 5.23. The predicted molar refractivity (Wildman–Crippen MR) is 85.4 cm³/mol. The van der Waals surface area contributed by atoms with Crippen molar-refractivity contribution in [2.24, 2.45) is 5.73 Å². The molecule has 0 spiro atoms. The Bertz CT molecular complexity index is 580. The molecule has 3 rings (SSSR count). The molecule has 2 nitrogen and oxygen atoms in total. The molecule has 0 amide bonds. The molecule has 0 saturated carbocycles. The van der Waals surface area contributed by atoms with Crippen LogP contribution in [0.1, 0.15) is 23.6 Å². The van der Waals surface area contributed by atoms with Crippen LogP contribution < -0.4 is 10.6 Å². The summed E-state index contributed by atoms with van der Waals surface area (Å²) in [6.45, 7) is 1.66. The van der Waals surface area contributed by atoms with Gasteiger partial charge < -0.3 is 10.6 Å². The van der Waals surface area contributed by atoms with Crippen LogP contribution in [0.5, 0.6) is 0 Å². The average Bonchev–Trinajstić information content (AvgIpc) is 2.50. The van der Waals surface area contributed by atoms with E-state index in [2.05, 4.69) is 41.3 Å². The van der Waals surface area contributed by atoms with Crippen LogP contribution in [0.25, 0.3) is 0 Å². The van der Waals surface area contributed by atoms with E-state index in [1.54, 1.807) is 0 Å². The number of fused-ring (bicyclic) bond motifs is 1. The second kappa shape index (κ2) is 5.86. The fraction of sp³-hybridized carbons (Fsp3) is 0.294. The number of rotatable bonds is 3. The highest BCUT2D eigenvalue weighted by atomic mass is 35.5. The third kappa shape index (κ3) is 2.54. The molecule has 104 valence electrons. The Hall–Kier alpha value is -1.51. The number of hydrogen-bond donors (Lipinski definition) is 1. The SMILES string of the molecule is NCC(c1ccc(Cl)cc1)N1CCCc2ccccc21. The summed E-state index contributed by atoms with van der Waals surface area (Å²) in [5.74, 6) is 0. The fourth-order valence-corrected chi connectivity index (χ4v) is 3.14. The number of anilines is 1. The van der Waals surface area contributed by atoms with Crippen molar-refractivity contribution in [2.45, 2.75) is 18.9 Å². The van der Waals surface area contributed by atoms with E-state index in [4.69, 9.17) is 17.3 Å². The van der Waals surface area contributed by atoms with Gasteiger partial charge in [0.1, 0.15) is 0 Å². The van der Waals surface area contributed by atoms with E-state index in [0.717, 1.165) is 18.0 Å². The zero-order valence-corrected chi connectivity index (χ0v) is 12.2. The molecule has 1 atom stereocenters. The Morgan fingerprint density at radius 3 is 2.60 bits per heavy atom. The topological polar surface area (TPSA) is 29.3 Å². The van der Waals surface area contributed by atoms with Gasteiger partial charge in [0.2, 0.25) is 0 Å². The van der Waals surface area contributed by atoms with Crippen LogP contribution in [-0.4, -0.2) is 13.1 Å². The van der Waals surface area contributed by atoms with Gasteiger partial charge in [-0.25, -0.2) is 0 Å². The van der Waals surface area contributed by atoms with Gasteiger partial charge in [-0.15, -0.1) is 0 Å². The summed E-state index contributed by atoms with van der Waals surface area (Å²) >= 11 is 5.98. The highest BCUT2D eigenvalue weighted by molar-refractivity contribution is 6.30. The van der Waals surface area contributed by atoms with Gasteiger partial charge in [0.15, 0.2) is 0 Å². The number of aryl methyl sites for hydroxylation is 1. The minimum atomic E-state index is 0.216. The van der Waals surface area contributed by atoms with E-state index in [0.29, 0.717) is 6.54 Å². The summed E-state index contributed by atoms with van der Waals surface area (Å²) in [5.41, 5.74) is 10.0. The Morgan fingerprint density at radius 2 is 1.85 bits per heavy atom. The van der Waals surface area contributed by atoms with E-state index in [-0.39, 0.29) is 6.04 Å². The van der Waals surface area contributed by atoms with E-state index < -0.39 is 0 Å². The number of hydrogen-bond acceptors (Lipinski definition) is 2. The predicted octanol–water partition coefficient (Wildman–Crippen LogP) is 3.79. The Labute approximate surface area is 125 Å². The maximum Gasteiger partial charge on any atom is 0.0664 e. The summed E-state index contributed by atoms with van der Waals surface area (Å²) in [6, 6.07) is 16.9. The fourth-order valence-electron chi connectivity index (χ4n) is 3.01. The molecule has 1 unspecified atom stereocenters. The maximum absolute atomic E-state index is 6.06. The number of nitrogens with zero attached hydrogens (tertiary/aromatic N) is 1. The maximum atomic E-state index is 6.06. The average molecular weight is 287 g/mol. The van der Waals surface area contributed by atoms with E-state index in [9.17, 15) is 0 Å². The zero-order chi connectivity index (χ0) is 13.9. The smallest absolute Gasteiger partial charge is 0.0664 e. The third-order valence-electron chi connectivity index (χ3n) is 4.00. The van der Waals surface area contributed by atoms with E-state index in [1.807, 2.05) is 12.1 Å². The van der Waals surface area contributed by atoms with Crippen LogP contribution in [0.3, 0.4) is 0 Å². The molecule has 2 aromatic carbocycles. The lowest BCUT2D eigenvalue weighted by Crippen LogP contribution is -2.37. The van der Waals surface area contributed by atoms with E-state index in [1.165, 1.54) is 23.2 Å². The van der Waals surface area contributed by atoms with E-state index >= 15 is 0 Å². The first kappa shape index (κ1) is 13.5. The molecule has 3 heteroatoms. The molecule has 20 heavy (non-hydrogen) atoms. The van der Waals surface area contributed by atoms with Crippen LogP contribution in [0.15, 0.2) is 48.5 Å². The van der Waals surface area contributed by atoms with Gasteiger partial charge in [-0.05, 0) is 42.2 Å². The number of halogens is 1. The summed E-state index contributed by atoms with van der Waals surface area (Å²) in [6.07, 6.45) is 2.34. The van der Waals surface area contributed by atoms with Gasteiger partial charge in [0.05, 0.1) is 6.04 Å². The monoisotopic (exact) mass is 286 g/mol. The molecule has 0 aliphatic carbocycles. The molecule has 0 radical (unpaired) electrons. The van der Waals surface area contributed by atoms with Gasteiger partial charge in [-0.1, -0.05) is 41.9 Å². The molecule has 1 heterocycles. The highest BCUT2D eigenvalue weighted by Gasteiger charge is 2.24. The Morgan fingerprint density at radius 1 is 1.10 bits per heavy atom. The first-order chi connectivity index (χ1) is 9.79. The van der Waals surface area contributed by atoms with Gasteiger partial charge in [0.25, 0.3) is 0 Å². The lowest BCUT2D eigenvalue weighted by Gasteiger charge is -2.37. The molecule has 0 saturated heterocycles. The van der Waals surface area contributed by atoms with Crippen molar-refractivity contribution >= 4 is 17.3 Å². The number of para-hydroxylation sites is 1. The standard InChI is InChI=1S/C17H19ClN2/c18-15-9-7-14(8-10-15)17(12-19)20-11-3-5-13-4-1-2-6-16(13)20/h1-2,4,6-10,17H,3,5,11-12,19H2. The third-order valence-corrected chi connectivity index (χ3v) is 4.25. The molecule has 0 bridgehead atoms. The minimum absolute atomic E-state index is 0.216. The molecule has 1 aliphatic rings. The van der Waals surface area contributed by atoms with Crippen LogP contribution in [0, 0.1) is 0 Å². The number of nitrogens with two attached hydrogens (primary N) is 1. The molecular weight excluding hydrogens is 268 g/mol. The van der Waals surface area contributed by atoms with Crippen molar-refractivity contribution < 1.29 is 0 Å². The summed E-state index contributed by atoms with van der Waals surface area (Å²) < 4.78 is 0. The lowest BCUT2D eigenvalue weighted by atomic mass is 9.97. The lowest BCUT2D eigenvalue weighted by molar-refractivity contribution is 0.588. The summed E-state index contributed by atoms with van der Waals surface area (Å²) in [4.78, 5) is 2.43. The van der Waals surface area contributed by atoms with Crippen LogP contribution in [0.2, 0.25) is 5.02 Å². The van der Waals surface area contributed by atoms with Gasteiger partial charge >= 0.3 is 0 Å². The summed E-state index contributed by atoms with van der Waals surface area (Å²) in [5, 5.41) is 0.767. The highest BCUT2D eigenvalue weighted by Crippen LogP contribution is 2.33. The normalized spacial score (nSPS) is 15.8. The van der Waals surface area contributed by atoms with Crippen molar-refractivity contribution in [3.05, 3.63) is 64.7 Å². The molecule has 1 aliphatic heterocycles. The molecule has 0 fully saturated rings. The first-order valence-electron chi connectivity index (χ1n) is 7.09. The van der Waals surface area contributed by atoms with Crippen LogP contribution in [-0.2, 0) is 6.42 Å². The van der Waals surface area contributed by atoms with Crippen molar-refractivity contribution in [3.8, 4) is 0 Å². The second-order valence-corrected chi connectivity index (χ2v) is 5.67. The van der Waals surface area contributed by atoms with Crippen LogP contribution in [0.4, 0.5) is 5.69 Å². The Balaban J connectivity index is 1.96. The number of benzene rings is 2. The van der Waals surface area contributed by atoms with Crippen molar-refractivity contribution in [3.63, 3.8) is 0 Å². The molecular formula is C17H19ClN2. The Kier molecular flexibility index (Phi) is 3.95. The quantitative estimate of drug-likeness (QED) is 0.930. The van der Waals surface area contributed by atoms with Crippen molar-refractivity contribution in [2.75, 3.05) is 18.0 Å². The zero-order valence-electron chi connectivity index (χ0n) is 11.4.